The molecular formula is C21H30N5O11P. The Kier molecular flexibility index (Phi) is 12.4. The molecule has 0 aliphatic heterocycles. The Morgan fingerprint density at radius 1 is 0.947 bits per heavy atom. The van der Waals surface area contributed by atoms with Gasteiger partial charge in [0.1, 0.15) is 17.8 Å². The van der Waals surface area contributed by atoms with Crippen LogP contribution in [0.15, 0.2) is 24.3 Å². The lowest BCUT2D eigenvalue weighted by molar-refractivity contribution is -0.138. The Balaban J connectivity index is 3.12. The number of nitrogens with one attached hydrogen (secondary N) is 3. The van der Waals surface area contributed by atoms with Crippen LogP contribution in [-0.2, 0) is 39.8 Å². The van der Waals surface area contributed by atoms with Crippen molar-refractivity contribution in [1.29, 1.82) is 0 Å². The van der Waals surface area contributed by atoms with Crippen molar-refractivity contribution in [2.45, 2.75) is 44.2 Å². The number of carbonyl (C=O) groups excluding carboxylic acids is 5. The molecule has 38 heavy (non-hydrogen) atoms. The normalized spacial score (nSPS) is 13.3. The largest absolute Gasteiger partial charge is 0.524 e. The molecule has 1 aromatic carbocycles. The average molecular weight is 559 g/mol. The minimum atomic E-state index is -4.78. The molecule has 0 aliphatic rings. The van der Waals surface area contributed by atoms with Gasteiger partial charge in [0.05, 0.1) is 12.3 Å². The molecule has 0 saturated carbocycles. The van der Waals surface area contributed by atoms with E-state index in [1.807, 2.05) is 0 Å². The summed E-state index contributed by atoms with van der Waals surface area (Å²) in [7, 11) is -3.44. The number of hydrogen-bond donors (Lipinski definition) is 8. The number of phosphoric acid groups is 1. The molecule has 0 saturated heterocycles. The maximum Gasteiger partial charge on any atom is 0.524 e. The van der Waals surface area contributed by atoms with Gasteiger partial charge in [0.25, 0.3) is 0 Å². The zero-order chi connectivity index (χ0) is 29.0. The molecule has 0 aromatic heterocycles. The zero-order valence-corrected chi connectivity index (χ0v) is 21.2. The van der Waals surface area contributed by atoms with Crippen molar-refractivity contribution in [1.82, 2.24) is 16.0 Å². The highest BCUT2D eigenvalue weighted by atomic mass is 31.2. The number of carboxylic acid groups (broad SMARTS) is 1. The summed E-state index contributed by atoms with van der Waals surface area (Å²) in [5, 5.41) is 15.9. The molecule has 0 radical (unpaired) electrons. The van der Waals surface area contributed by atoms with Gasteiger partial charge in [0, 0.05) is 19.9 Å². The lowest BCUT2D eigenvalue weighted by Gasteiger charge is -2.24. The molecule has 17 heteroatoms. The fraction of sp³-hybridized carbons (Fsp3) is 0.429. The third-order valence-corrected chi connectivity index (χ3v) is 5.50. The first-order chi connectivity index (χ1) is 17.6. The third-order valence-electron chi connectivity index (χ3n) is 5.06. The van der Waals surface area contributed by atoms with E-state index in [1.54, 1.807) is 0 Å². The van der Waals surface area contributed by atoms with Gasteiger partial charge in [0.15, 0.2) is 0 Å². The van der Waals surface area contributed by atoms with Crippen molar-refractivity contribution in [3.05, 3.63) is 29.8 Å². The zero-order valence-electron chi connectivity index (χ0n) is 20.3. The molecule has 5 amide bonds. The predicted octanol–water partition coefficient (Wildman–Crippen LogP) is -2.35. The van der Waals surface area contributed by atoms with E-state index >= 15 is 0 Å². The molecule has 1 rings (SSSR count). The molecule has 0 spiro atoms. The number of primary amides is 2. The van der Waals surface area contributed by atoms with Gasteiger partial charge in [-0.1, -0.05) is 12.1 Å². The predicted molar refractivity (Wildman–Crippen MR) is 129 cm³/mol. The minimum absolute atomic E-state index is 0.0612. The van der Waals surface area contributed by atoms with Crippen LogP contribution in [0.25, 0.3) is 0 Å². The molecule has 0 bridgehead atoms. The monoisotopic (exact) mass is 559 g/mol. The van der Waals surface area contributed by atoms with Crippen LogP contribution in [0.3, 0.4) is 0 Å². The van der Waals surface area contributed by atoms with E-state index in [0.29, 0.717) is 5.56 Å². The van der Waals surface area contributed by atoms with Crippen molar-refractivity contribution in [3.8, 4) is 5.75 Å². The fourth-order valence-electron chi connectivity index (χ4n) is 3.21. The van der Waals surface area contributed by atoms with Gasteiger partial charge in [-0.2, -0.15) is 0 Å². The van der Waals surface area contributed by atoms with Crippen LogP contribution >= 0.6 is 7.82 Å². The highest BCUT2D eigenvalue weighted by molar-refractivity contribution is 7.46. The summed E-state index contributed by atoms with van der Waals surface area (Å²) in [6.07, 6.45) is -1.95. The SMILES string of the molecule is CNC(=O)C[C@H](Cc1ccc(OP(=O)(O)O)cc1)C(=O)N[C@@H](CCC(=O)O)C(=O)N[C@@H](CC(N)=O)C(N)=O. The van der Waals surface area contributed by atoms with Crippen LogP contribution in [0.4, 0.5) is 0 Å². The molecule has 10 N–H and O–H groups in total. The highest BCUT2D eigenvalue weighted by Gasteiger charge is 2.30. The number of nitrogens with two attached hydrogens (primary N) is 2. The van der Waals surface area contributed by atoms with Crippen molar-refractivity contribution in [3.63, 3.8) is 0 Å². The van der Waals surface area contributed by atoms with E-state index < -0.39 is 80.6 Å². The summed E-state index contributed by atoms with van der Waals surface area (Å²) >= 11 is 0. The maximum atomic E-state index is 13.1. The van der Waals surface area contributed by atoms with Crippen LogP contribution in [0.5, 0.6) is 5.75 Å². The van der Waals surface area contributed by atoms with Gasteiger partial charge in [-0.05, 0) is 30.5 Å². The first-order valence-corrected chi connectivity index (χ1v) is 12.6. The summed E-state index contributed by atoms with van der Waals surface area (Å²) in [5.41, 5.74) is 10.7. The smallest absolute Gasteiger partial charge is 0.481 e. The van der Waals surface area contributed by atoms with Crippen LogP contribution in [0.1, 0.15) is 31.2 Å². The molecular weight excluding hydrogens is 529 g/mol. The van der Waals surface area contributed by atoms with E-state index in [1.165, 1.54) is 31.3 Å². The van der Waals surface area contributed by atoms with E-state index in [-0.39, 0.29) is 18.6 Å². The lowest BCUT2D eigenvalue weighted by Crippen LogP contribution is -2.54. The Labute approximate surface area is 216 Å². The maximum absolute atomic E-state index is 13.1. The van der Waals surface area contributed by atoms with Gasteiger partial charge in [-0.3, -0.25) is 38.6 Å². The van der Waals surface area contributed by atoms with Crippen molar-refractivity contribution < 1.29 is 52.7 Å². The Bertz CT molecular complexity index is 1090. The van der Waals surface area contributed by atoms with Crippen LogP contribution in [0.2, 0.25) is 0 Å². The molecule has 1 aromatic rings. The summed E-state index contributed by atoms with van der Waals surface area (Å²) in [6, 6.07) is 2.33. The minimum Gasteiger partial charge on any atom is -0.481 e. The van der Waals surface area contributed by atoms with Crippen LogP contribution < -0.4 is 31.9 Å². The highest BCUT2D eigenvalue weighted by Crippen LogP contribution is 2.37. The van der Waals surface area contributed by atoms with E-state index in [2.05, 4.69) is 20.5 Å². The Morgan fingerprint density at radius 2 is 1.53 bits per heavy atom. The van der Waals surface area contributed by atoms with Crippen molar-refractivity contribution >= 4 is 43.3 Å². The fourth-order valence-corrected chi connectivity index (χ4v) is 3.61. The third kappa shape index (κ3) is 12.3. The summed E-state index contributed by atoms with van der Waals surface area (Å²) in [5.74, 6) is -6.83. The molecule has 16 nitrogen and oxygen atoms in total. The first kappa shape index (κ1) is 32.0. The number of benzene rings is 1. The summed E-state index contributed by atoms with van der Waals surface area (Å²) < 4.78 is 15.4. The van der Waals surface area contributed by atoms with E-state index in [4.69, 9.17) is 26.4 Å². The van der Waals surface area contributed by atoms with Gasteiger partial charge in [-0.15, -0.1) is 0 Å². The van der Waals surface area contributed by atoms with Gasteiger partial charge in [0.2, 0.25) is 29.5 Å². The number of carbonyl (C=O) groups is 6. The van der Waals surface area contributed by atoms with E-state index in [0.717, 1.165) is 0 Å². The number of amides is 5. The number of rotatable bonds is 16. The summed E-state index contributed by atoms with van der Waals surface area (Å²) in [6.45, 7) is 0. The quantitative estimate of drug-likeness (QED) is 0.0992. The lowest BCUT2D eigenvalue weighted by atomic mass is 9.94. The second-order valence-electron chi connectivity index (χ2n) is 8.13. The number of hydrogen-bond acceptors (Lipinski definition) is 8. The van der Waals surface area contributed by atoms with Gasteiger partial charge in [-0.25, -0.2) is 4.57 Å². The van der Waals surface area contributed by atoms with E-state index in [9.17, 15) is 33.3 Å². The van der Waals surface area contributed by atoms with Gasteiger partial charge >= 0.3 is 13.8 Å². The molecule has 0 aliphatic carbocycles. The summed E-state index contributed by atoms with van der Waals surface area (Å²) in [4.78, 5) is 89.5. The van der Waals surface area contributed by atoms with Gasteiger partial charge < -0.3 is 37.0 Å². The number of aliphatic carboxylic acids is 1. The second kappa shape index (κ2) is 14.7. The van der Waals surface area contributed by atoms with Crippen LogP contribution in [-0.4, -0.2) is 69.5 Å². The topological polar surface area (TPSA) is 278 Å². The molecule has 0 fully saturated rings. The average Bonchev–Trinajstić information content (AvgIpc) is 2.80. The number of phosphoric ester groups is 1. The Hall–Kier alpha value is -4.01. The first-order valence-electron chi connectivity index (χ1n) is 11.1. The molecule has 0 heterocycles. The second-order valence-corrected chi connectivity index (χ2v) is 9.30. The van der Waals surface area contributed by atoms with Crippen LogP contribution in [0, 0.1) is 5.92 Å². The van der Waals surface area contributed by atoms with Crippen molar-refractivity contribution in [2.24, 2.45) is 17.4 Å². The molecule has 3 atom stereocenters. The molecule has 210 valence electrons. The Morgan fingerprint density at radius 3 is 2.00 bits per heavy atom. The number of carboxylic acids is 1. The molecule has 0 unspecified atom stereocenters. The van der Waals surface area contributed by atoms with Crippen molar-refractivity contribution in [2.75, 3.05) is 7.05 Å². The standard InChI is InChI=1S/C21H30N5O11P/c1-24-17(28)9-12(8-11-2-4-13(5-3-11)37-38(34,35)36)20(32)25-14(6-7-18(29)30)21(33)26-15(19(23)31)10-16(22)27/h2-5,12,14-15H,6-10H2,1H3,(H2,22,27)(H2,23,31)(H,24,28)(H,25,32)(H,26,33)(H,29,30)(H2,34,35,36)/t12-,14-,15-/m0/s1.